The SMILES string of the molecule is [CH2]CCC=CC=C. The molecule has 7 heavy (non-hydrogen) atoms. The molecule has 0 N–H and O–H groups in total. The molecule has 0 rings (SSSR count). The highest BCUT2D eigenvalue weighted by Crippen LogP contribution is 1.86. The summed E-state index contributed by atoms with van der Waals surface area (Å²) in [5, 5.41) is 0. The standard InChI is InChI=1S/C7H11/c1-3-5-7-6-4-2/h3,5,7H,1-2,4,6H2. The molecular formula is C7H11. The van der Waals surface area contributed by atoms with E-state index in [4.69, 9.17) is 0 Å². The van der Waals surface area contributed by atoms with E-state index in [0.717, 1.165) is 12.8 Å². The smallest absolute Gasteiger partial charge is 0.0348 e. The monoisotopic (exact) mass is 95.1 g/mol. The lowest BCUT2D eigenvalue weighted by Crippen LogP contribution is -1.57. The van der Waals surface area contributed by atoms with Gasteiger partial charge in [0.25, 0.3) is 0 Å². The maximum atomic E-state index is 3.67. The van der Waals surface area contributed by atoms with Gasteiger partial charge in [0.2, 0.25) is 0 Å². The summed E-state index contributed by atoms with van der Waals surface area (Å²) < 4.78 is 0. The molecule has 0 saturated heterocycles. The Kier molecular flexibility index (Phi) is 5.07. The first-order chi connectivity index (χ1) is 3.41. The molecule has 0 heterocycles. The van der Waals surface area contributed by atoms with Crippen LogP contribution in [0.4, 0.5) is 0 Å². The lowest BCUT2D eigenvalue weighted by Gasteiger charge is -1.77. The molecule has 0 aliphatic rings. The van der Waals surface area contributed by atoms with Gasteiger partial charge in [0, 0.05) is 0 Å². The van der Waals surface area contributed by atoms with Crippen LogP contribution in [-0.2, 0) is 0 Å². The van der Waals surface area contributed by atoms with Crippen LogP contribution < -0.4 is 0 Å². The number of hydrogen-bond donors (Lipinski definition) is 0. The van der Waals surface area contributed by atoms with Crippen molar-refractivity contribution in [3.8, 4) is 0 Å². The first-order valence-electron chi connectivity index (χ1n) is 2.48. The van der Waals surface area contributed by atoms with Crippen LogP contribution in [0, 0.1) is 6.92 Å². The van der Waals surface area contributed by atoms with E-state index in [9.17, 15) is 0 Å². The largest absolute Gasteiger partial charge is 0.0991 e. The Morgan fingerprint density at radius 1 is 1.43 bits per heavy atom. The average molecular weight is 95.2 g/mol. The van der Waals surface area contributed by atoms with Crippen molar-refractivity contribution in [1.29, 1.82) is 0 Å². The second-order valence-corrected chi connectivity index (χ2v) is 1.31. The summed E-state index contributed by atoms with van der Waals surface area (Å²) in [5.74, 6) is 0. The second-order valence-electron chi connectivity index (χ2n) is 1.31. The molecule has 0 unspecified atom stereocenters. The number of allylic oxidation sites excluding steroid dienone is 3. The van der Waals surface area contributed by atoms with Gasteiger partial charge in [-0.1, -0.05) is 31.7 Å². The van der Waals surface area contributed by atoms with E-state index < -0.39 is 0 Å². The molecule has 0 aromatic heterocycles. The minimum absolute atomic E-state index is 0.977. The van der Waals surface area contributed by atoms with Crippen LogP contribution in [-0.4, -0.2) is 0 Å². The Morgan fingerprint density at radius 3 is 2.57 bits per heavy atom. The molecular weight excluding hydrogens is 84.1 g/mol. The van der Waals surface area contributed by atoms with E-state index in [1.54, 1.807) is 6.08 Å². The highest BCUT2D eigenvalue weighted by molar-refractivity contribution is 4.96. The van der Waals surface area contributed by atoms with Crippen molar-refractivity contribution in [3.05, 3.63) is 31.7 Å². The fourth-order valence-electron chi connectivity index (χ4n) is 0.310. The third-order valence-electron chi connectivity index (χ3n) is 0.643. The van der Waals surface area contributed by atoms with Gasteiger partial charge in [0.1, 0.15) is 0 Å². The summed E-state index contributed by atoms with van der Waals surface area (Å²) in [6, 6.07) is 0. The van der Waals surface area contributed by atoms with E-state index in [0.29, 0.717) is 0 Å². The van der Waals surface area contributed by atoms with Gasteiger partial charge >= 0.3 is 0 Å². The molecule has 0 aromatic rings. The molecule has 0 aliphatic carbocycles. The van der Waals surface area contributed by atoms with Crippen molar-refractivity contribution in [3.63, 3.8) is 0 Å². The van der Waals surface area contributed by atoms with Gasteiger partial charge in [-0.15, -0.1) is 0 Å². The maximum Gasteiger partial charge on any atom is -0.0348 e. The molecule has 0 bridgehead atoms. The van der Waals surface area contributed by atoms with Crippen LogP contribution in [0.3, 0.4) is 0 Å². The summed E-state index contributed by atoms with van der Waals surface area (Å²) in [7, 11) is 0. The van der Waals surface area contributed by atoms with Gasteiger partial charge in [0.15, 0.2) is 0 Å². The zero-order valence-electron chi connectivity index (χ0n) is 4.56. The molecule has 0 heteroatoms. The van der Waals surface area contributed by atoms with Gasteiger partial charge in [-0.3, -0.25) is 0 Å². The molecule has 0 spiro atoms. The van der Waals surface area contributed by atoms with Crippen LogP contribution in [0.1, 0.15) is 12.8 Å². The van der Waals surface area contributed by atoms with Crippen LogP contribution in [0.15, 0.2) is 24.8 Å². The van der Waals surface area contributed by atoms with Gasteiger partial charge in [0.05, 0.1) is 0 Å². The Balaban J connectivity index is 2.92. The predicted molar refractivity (Wildman–Crippen MR) is 33.9 cm³/mol. The highest BCUT2D eigenvalue weighted by atomic mass is 13.7. The molecule has 0 aromatic carbocycles. The Morgan fingerprint density at radius 2 is 2.14 bits per heavy atom. The summed E-state index contributed by atoms with van der Waals surface area (Å²) in [5.41, 5.74) is 0. The highest BCUT2D eigenvalue weighted by Gasteiger charge is 1.66. The van der Waals surface area contributed by atoms with Crippen molar-refractivity contribution in [2.45, 2.75) is 12.8 Å². The van der Waals surface area contributed by atoms with Crippen LogP contribution in [0.2, 0.25) is 0 Å². The third kappa shape index (κ3) is 5.48. The lowest BCUT2D eigenvalue weighted by molar-refractivity contribution is 1.05. The van der Waals surface area contributed by atoms with E-state index in [-0.39, 0.29) is 0 Å². The molecule has 0 atom stereocenters. The summed E-state index contributed by atoms with van der Waals surface area (Å²) >= 11 is 0. The van der Waals surface area contributed by atoms with E-state index in [1.807, 2.05) is 6.08 Å². The average Bonchev–Trinajstić information content (AvgIpc) is 1.69. The third-order valence-corrected chi connectivity index (χ3v) is 0.643. The molecule has 0 fully saturated rings. The Bertz CT molecular complexity index is 60.4. The topological polar surface area (TPSA) is 0 Å². The first-order valence-corrected chi connectivity index (χ1v) is 2.48. The van der Waals surface area contributed by atoms with Crippen LogP contribution >= 0.6 is 0 Å². The van der Waals surface area contributed by atoms with Crippen molar-refractivity contribution in [2.24, 2.45) is 0 Å². The molecule has 0 amide bonds. The fraction of sp³-hybridized carbons (Fsp3) is 0.286. The summed E-state index contributed by atoms with van der Waals surface area (Å²) in [6.07, 6.45) is 7.80. The van der Waals surface area contributed by atoms with Gasteiger partial charge in [-0.05, 0) is 12.8 Å². The quantitative estimate of drug-likeness (QED) is 0.472. The molecule has 0 saturated carbocycles. The molecule has 0 nitrogen and oxygen atoms in total. The maximum absolute atomic E-state index is 3.67. The zero-order valence-corrected chi connectivity index (χ0v) is 4.56. The summed E-state index contributed by atoms with van der Waals surface area (Å²) in [4.78, 5) is 0. The minimum atomic E-state index is 0.977. The van der Waals surface area contributed by atoms with E-state index in [1.165, 1.54) is 0 Å². The van der Waals surface area contributed by atoms with Crippen molar-refractivity contribution in [2.75, 3.05) is 0 Å². The van der Waals surface area contributed by atoms with E-state index >= 15 is 0 Å². The van der Waals surface area contributed by atoms with Gasteiger partial charge in [-0.2, -0.15) is 0 Å². The predicted octanol–water partition coefficient (Wildman–Crippen LogP) is 2.34. The number of hydrogen-bond acceptors (Lipinski definition) is 0. The molecule has 0 aliphatic heterocycles. The normalized spacial score (nSPS) is 9.86. The van der Waals surface area contributed by atoms with E-state index in [2.05, 4.69) is 19.6 Å². The van der Waals surface area contributed by atoms with Crippen LogP contribution in [0.5, 0.6) is 0 Å². The van der Waals surface area contributed by atoms with Gasteiger partial charge < -0.3 is 0 Å². The molecule has 1 radical (unpaired) electrons. The van der Waals surface area contributed by atoms with Crippen molar-refractivity contribution >= 4 is 0 Å². The van der Waals surface area contributed by atoms with Crippen LogP contribution in [0.25, 0.3) is 0 Å². The second kappa shape index (κ2) is 5.48. The fourth-order valence-corrected chi connectivity index (χ4v) is 0.310. The zero-order chi connectivity index (χ0) is 5.54. The Hall–Kier alpha value is -0.520. The van der Waals surface area contributed by atoms with Crippen molar-refractivity contribution < 1.29 is 0 Å². The lowest BCUT2D eigenvalue weighted by atomic mass is 10.3. The minimum Gasteiger partial charge on any atom is -0.0991 e. The number of rotatable bonds is 3. The van der Waals surface area contributed by atoms with Crippen molar-refractivity contribution in [1.82, 2.24) is 0 Å². The van der Waals surface area contributed by atoms with Gasteiger partial charge in [-0.25, -0.2) is 0 Å². The number of unbranched alkanes of at least 4 members (excludes halogenated alkanes) is 1. The first kappa shape index (κ1) is 6.48. The molecule has 39 valence electrons. The Labute approximate surface area is 45.5 Å². The summed E-state index contributed by atoms with van der Waals surface area (Å²) in [6.45, 7) is 7.20.